The first-order valence-corrected chi connectivity index (χ1v) is 18.1. The van der Waals surface area contributed by atoms with Crippen molar-refractivity contribution in [3.63, 3.8) is 0 Å². The van der Waals surface area contributed by atoms with Crippen LogP contribution in [0.15, 0.2) is 0 Å². The molecule has 0 spiro atoms. The average Bonchev–Trinajstić information content (AvgIpc) is 3.01. The summed E-state index contributed by atoms with van der Waals surface area (Å²) in [6.45, 7) is 15.2. The van der Waals surface area contributed by atoms with Crippen molar-refractivity contribution in [1.29, 1.82) is 0 Å². The first kappa shape index (κ1) is 58.9. The van der Waals surface area contributed by atoms with E-state index >= 15 is 0 Å². The Balaban J connectivity index is -0.0000000720. The maximum absolute atomic E-state index is 8.29. The quantitative estimate of drug-likeness (QED) is 0.0438. The molecule has 0 saturated carbocycles. The summed E-state index contributed by atoms with van der Waals surface area (Å²) in [5, 5.41) is 49.8. The molecule has 0 heterocycles. The Hall–Kier alpha value is 0.383. The minimum Gasteiger partial charge on any atom is -0.396 e. The molecule has 0 aromatic rings. The molecule has 0 aliphatic heterocycles. The third kappa shape index (κ3) is 116. The Labute approximate surface area is 284 Å². The van der Waals surface area contributed by atoms with E-state index < -0.39 is 0 Å². The summed E-state index contributed by atoms with van der Waals surface area (Å²) in [5.41, 5.74) is 0. The molecule has 6 nitrogen and oxygen atoms in total. The first-order chi connectivity index (χ1) is 20.5. The summed E-state index contributed by atoms with van der Waals surface area (Å²) in [6.07, 6.45) is 28.1. The van der Waals surface area contributed by atoms with Crippen molar-refractivity contribution in [2.24, 2.45) is 0 Å². The summed E-state index contributed by atoms with van der Waals surface area (Å²) in [6, 6.07) is 0. The molecule has 0 amide bonds. The van der Waals surface area contributed by atoms with Gasteiger partial charge in [-0.2, -0.15) is 0 Å². The Morgan fingerprint density at radius 1 is 0.209 bits per heavy atom. The molecule has 6 N–H and O–H groups in total. The Kier molecular flexibility index (Phi) is 108. The van der Waals surface area contributed by atoms with E-state index in [1.54, 1.807) is 0 Å². The van der Waals surface area contributed by atoms with Gasteiger partial charge in [0.25, 0.3) is 0 Å². The third-order valence-electron chi connectivity index (χ3n) is 6.07. The van der Waals surface area contributed by atoms with E-state index in [-0.39, 0.29) is 19.5 Å². The van der Waals surface area contributed by atoms with Crippen LogP contribution in [0.4, 0.5) is 0 Å². The van der Waals surface area contributed by atoms with Crippen LogP contribution in [0.2, 0.25) is 0 Å². The van der Waals surface area contributed by atoms with Crippen molar-refractivity contribution >= 4 is 0 Å². The summed E-state index contributed by atoms with van der Waals surface area (Å²) < 4.78 is 0. The van der Waals surface area contributed by atoms with Gasteiger partial charge in [0.05, 0.1) is 0 Å². The molecule has 0 radical (unpaired) electrons. The van der Waals surface area contributed by atoms with E-state index in [1.165, 1.54) is 116 Å². The minimum absolute atomic E-state index is 0. The van der Waals surface area contributed by atoms with E-state index in [0.29, 0.717) is 39.6 Å². The van der Waals surface area contributed by atoms with Crippen molar-refractivity contribution < 1.29 is 50.1 Å². The topological polar surface area (TPSA) is 121 Å². The van der Waals surface area contributed by atoms with Gasteiger partial charge < -0.3 is 30.6 Å². The fraction of sp³-hybridized carbons (Fsp3) is 1.00. The predicted octanol–water partition coefficient (Wildman–Crippen LogP) is 9.35. The first-order valence-electron chi connectivity index (χ1n) is 18.1. The molecule has 0 atom stereocenters. The number of hydrogen-bond donors (Lipinski definition) is 6. The maximum atomic E-state index is 8.29. The second-order valence-electron chi connectivity index (χ2n) is 10.7. The monoisotopic (exact) mass is 715 g/mol. The maximum Gasteiger partial charge on any atom is 0.0431 e. The smallest absolute Gasteiger partial charge is 0.0431 e. The third-order valence-corrected chi connectivity index (χ3v) is 6.07. The van der Waals surface area contributed by atoms with Gasteiger partial charge in [0, 0.05) is 59.1 Å². The molecule has 0 aliphatic rings. The Morgan fingerprint density at radius 3 is 0.395 bits per heavy atom. The number of unbranched alkanes of at least 4 members (excludes halogenated alkanes) is 18. The minimum atomic E-state index is 0. The van der Waals surface area contributed by atoms with Gasteiger partial charge in [-0.05, 0) is 38.5 Å². The van der Waals surface area contributed by atoms with Crippen molar-refractivity contribution in [2.75, 3.05) is 39.6 Å². The van der Waals surface area contributed by atoms with Crippen molar-refractivity contribution in [3.05, 3.63) is 0 Å². The summed E-state index contributed by atoms with van der Waals surface area (Å²) >= 11 is 0. The molecule has 0 fully saturated rings. The Bertz CT molecular complexity index is 225. The molecular weight excluding hydrogens is 629 g/mol. The van der Waals surface area contributed by atoms with Gasteiger partial charge >= 0.3 is 0 Å². The molecule has 0 aliphatic carbocycles. The van der Waals surface area contributed by atoms with Crippen LogP contribution in [0, 0.1) is 0 Å². The number of aliphatic hydroxyl groups is 6. The van der Waals surface area contributed by atoms with Crippen LogP contribution >= 0.6 is 0 Å². The zero-order valence-corrected chi connectivity index (χ0v) is 32.0. The Morgan fingerprint density at radius 2 is 0.326 bits per heavy atom. The molecule has 0 unspecified atom stereocenters. The van der Waals surface area contributed by atoms with Crippen LogP contribution in [0.3, 0.4) is 0 Å². The van der Waals surface area contributed by atoms with Crippen LogP contribution < -0.4 is 0 Å². The van der Waals surface area contributed by atoms with Crippen LogP contribution in [0.5, 0.6) is 0 Å². The van der Waals surface area contributed by atoms with Crippen LogP contribution in [-0.4, -0.2) is 70.3 Å². The zero-order valence-electron chi connectivity index (χ0n) is 30.3. The van der Waals surface area contributed by atoms with Gasteiger partial charge in [0.2, 0.25) is 0 Å². The summed E-state index contributed by atoms with van der Waals surface area (Å²) in [4.78, 5) is 0. The normalized spacial score (nSPS) is 9.21. The molecule has 7 heteroatoms. The number of hydrogen-bond acceptors (Lipinski definition) is 6. The van der Waals surface area contributed by atoms with Gasteiger partial charge in [-0.25, -0.2) is 0 Å². The number of aliphatic hydroxyl groups excluding tert-OH is 6. The molecule has 0 rings (SSSR count). The fourth-order valence-electron chi connectivity index (χ4n) is 3.23. The largest absolute Gasteiger partial charge is 0.396 e. The average molecular weight is 714 g/mol. The molecule has 272 valence electrons. The molecule has 0 bridgehead atoms. The molecular formula is C36H84O6Ru. The standard InChI is InChI=1S/6C6H14O.Ru/c6*1-2-3-4-5-6-7;/h6*7H,2-6H2,1H3;. The molecule has 0 aromatic heterocycles. The van der Waals surface area contributed by atoms with E-state index in [9.17, 15) is 0 Å². The molecule has 0 saturated heterocycles. The second-order valence-corrected chi connectivity index (χ2v) is 10.7. The zero-order chi connectivity index (χ0) is 33.2. The van der Waals surface area contributed by atoms with Gasteiger partial charge in [0.1, 0.15) is 0 Å². The molecule has 0 aromatic carbocycles. The van der Waals surface area contributed by atoms with Crippen molar-refractivity contribution in [1.82, 2.24) is 0 Å². The summed E-state index contributed by atoms with van der Waals surface area (Å²) in [7, 11) is 0. The van der Waals surface area contributed by atoms with E-state index in [0.717, 1.165) is 38.5 Å². The second kappa shape index (κ2) is 78.6. The van der Waals surface area contributed by atoms with Crippen molar-refractivity contribution in [3.8, 4) is 0 Å². The molecule has 43 heavy (non-hydrogen) atoms. The van der Waals surface area contributed by atoms with Gasteiger partial charge in [-0.15, -0.1) is 0 Å². The van der Waals surface area contributed by atoms with Crippen LogP contribution in [0.25, 0.3) is 0 Å². The van der Waals surface area contributed by atoms with Crippen molar-refractivity contribution in [2.45, 2.75) is 196 Å². The van der Waals surface area contributed by atoms with Crippen LogP contribution in [0.1, 0.15) is 196 Å². The van der Waals surface area contributed by atoms with Gasteiger partial charge in [-0.1, -0.05) is 157 Å². The van der Waals surface area contributed by atoms with E-state index in [4.69, 9.17) is 30.6 Å². The fourth-order valence-corrected chi connectivity index (χ4v) is 3.23. The van der Waals surface area contributed by atoms with Gasteiger partial charge in [0.15, 0.2) is 0 Å². The van der Waals surface area contributed by atoms with Gasteiger partial charge in [-0.3, -0.25) is 0 Å². The van der Waals surface area contributed by atoms with E-state index in [1.807, 2.05) is 0 Å². The number of rotatable bonds is 24. The SMILES string of the molecule is CCCCCCO.CCCCCCO.CCCCCCO.CCCCCCO.CCCCCCO.CCCCCCO.[Ru]. The summed E-state index contributed by atoms with van der Waals surface area (Å²) in [5.74, 6) is 0. The van der Waals surface area contributed by atoms with E-state index in [2.05, 4.69) is 41.5 Å². The predicted molar refractivity (Wildman–Crippen MR) is 187 cm³/mol. The van der Waals surface area contributed by atoms with Crippen LogP contribution in [-0.2, 0) is 19.5 Å².